The van der Waals surface area contributed by atoms with Crippen LogP contribution < -0.4 is 4.74 Å². The molecule has 0 aliphatic rings. The SMILES string of the molecule is Cc1c(O)cccc1OCCC(C)C. The third-order valence-electron chi connectivity index (χ3n) is 2.21. The van der Waals surface area contributed by atoms with Gasteiger partial charge in [-0.1, -0.05) is 19.9 Å². The molecule has 0 unspecified atom stereocenters. The lowest BCUT2D eigenvalue weighted by molar-refractivity contribution is 0.286. The van der Waals surface area contributed by atoms with Gasteiger partial charge in [-0.05, 0) is 31.4 Å². The Morgan fingerprint density at radius 1 is 1.36 bits per heavy atom. The molecule has 1 aromatic rings. The minimum Gasteiger partial charge on any atom is -0.508 e. The number of hydrogen-bond donors (Lipinski definition) is 1. The Morgan fingerprint density at radius 2 is 2.07 bits per heavy atom. The van der Waals surface area contributed by atoms with E-state index in [-0.39, 0.29) is 0 Å². The first kappa shape index (κ1) is 10.9. The predicted molar refractivity (Wildman–Crippen MR) is 57.8 cm³/mol. The topological polar surface area (TPSA) is 29.5 Å². The van der Waals surface area contributed by atoms with E-state index < -0.39 is 0 Å². The van der Waals surface area contributed by atoms with Crippen LogP contribution in [0.1, 0.15) is 25.8 Å². The molecule has 0 aromatic heterocycles. The first-order valence-electron chi connectivity index (χ1n) is 5.02. The normalized spacial score (nSPS) is 10.6. The van der Waals surface area contributed by atoms with Crippen LogP contribution in [-0.2, 0) is 0 Å². The van der Waals surface area contributed by atoms with Crippen molar-refractivity contribution in [2.24, 2.45) is 5.92 Å². The van der Waals surface area contributed by atoms with Gasteiger partial charge in [-0.25, -0.2) is 0 Å². The minimum absolute atomic E-state index is 0.298. The van der Waals surface area contributed by atoms with Crippen molar-refractivity contribution in [1.82, 2.24) is 0 Å². The molecule has 0 spiro atoms. The maximum Gasteiger partial charge on any atom is 0.125 e. The van der Waals surface area contributed by atoms with Crippen molar-refractivity contribution >= 4 is 0 Å². The molecular formula is C12H18O2. The Bertz CT molecular complexity index is 292. The van der Waals surface area contributed by atoms with Gasteiger partial charge in [0.15, 0.2) is 0 Å². The van der Waals surface area contributed by atoms with Crippen LogP contribution in [0.15, 0.2) is 18.2 Å². The molecule has 2 heteroatoms. The van der Waals surface area contributed by atoms with Crippen LogP contribution in [0.3, 0.4) is 0 Å². The standard InChI is InChI=1S/C12H18O2/c1-9(2)7-8-14-12-6-4-5-11(13)10(12)3/h4-6,9,13H,7-8H2,1-3H3. The van der Waals surface area contributed by atoms with E-state index >= 15 is 0 Å². The summed E-state index contributed by atoms with van der Waals surface area (Å²) in [4.78, 5) is 0. The lowest BCUT2D eigenvalue weighted by Crippen LogP contribution is -2.02. The highest BCUT2D eigenvalue weighted by Gasteiger charge is 2.03. The van der Waals surface area contributed by atoms with Crippen LogP contribution in [0.2, 0.25) is 0 Å². The number of phenolic OH excluding ortho intramolecular Hbond substituents is 1. The highest BCUT2D eigenvalue weighted by atomic mass is 16.5. The highest BCUT2D eigenvalue weighted by Crippen LogP contribution is 2.26. The van der Waals surface area contributed by atoms with Crippen molar-refractivity contribution in [3.63, 3.8) is 0 Å². The van der Waals surface area contributed by atoms with Crippen LogP contribution in [0, 0.1) is 12.8 Å². The second kappa shape index (κ2) is 4.89. The second-order valence-electron chi connectivity index (χ2n) is 3.93. The molecule has 1 rings (SSSR count). The number of aromatic hydroxyl groups is 1. The molecule has 0 heterocycles. The van der Waals surface area contributed by atoms with Crippen LogP contribution >= 0.6 is 0 Å². The molecule has 0 atom stereocenters. The van der Waals surface area contributed by atoms with E-state index in [2.05, 4.69) is 13.8 Å². The summed E-state index contributed by atoms with van der Waals surface area (Å²) in [6, 6.07) is 5.35. The zero-order chi connectivity index (χ0) is 10.6. The van der Waals surface area contributed by atoms with Gasteiger partial charge in [-0.2, -0.15) is 0 Å². The molecule has 0 radical (unpaired) electrons. The Kier molecular flexibility index (Phi) is 3.81. The third-order valence-corrected chi connectivity index (χ3v) is 2.21. The van der Waals surface area contributed by atoms with Crippen molar-refractivity contribution in [1.29, 1.82) is 0 Å². The Balaban J connectivity index is 2.54. The smallest absolute Gasteiger partial charge is 0.125 e. The van der Waals surface area contributed by atoms with Gasteiger partial charge in [0.1, 0.15) is 11.5 Å². The molecule has 0 aliphatic heterocycles. The van der Waals surface area contributed by atoms with Gasteiger partial charge in [-0.3, -0.25) is 0 Å². The molecule has 0 aliphatic carbocycles. The summed E-state index contributed by atoms with van der Waals surface area (Å²) >= 11 is 0. The van der Waals surface area contributed by atoms with E-state index in [0.717, 1.165) is 17.7 Å². The number of phenols is 1. The monoisotopic (exact) mass is 194 g/mol. The third kappa shape index (κ3) is 2.95. The van der Waals surface area contributed by atoms with E-state index in [9.17, 15) is 5.11 Å². The Labute approximate surface area is 85.5 Å². The van der Waals surface area contributed by atoms with E-state index in [0.29, 0.717) is 18.3 Å². The van der Waals surface area contributed by atoms with Crippen LogP contribution in [0.5, 0.6) is 11.5 Å². The van der Waals surface area contributed by atoms with Crippen molar-refractivity contribution in [2.45, 2.75) is 27.2 Å². The summed E-state index contributed by atoms with van der Waals surface area (Å²) in [6.45, 7) is 6.90. The quantitative estimate of drug-likeness (QED) is 0.798. The van der Waals surface area contributed by atoms with E-state index in [1.807, 2.05) is 13.0 Å². The van der Waals surface area contributed by atoms with Gasteiger partial charge in [0, 0.05) is 5.56 Å². The van der Waals surface area contributed by atoms with Gasteiger partial charge < -0.3 is 9.84 Å². The van der Waals surface area contributed by atoms with E-state index in [1.165, 1.54) is 0 Å². The largest absolute Gasteiger partial charge is 0.508 e. The molecule has 1 aromatic carbocycles. The van der Waals surface area contributed by atoms with Gasteiger partial charge in [0.2, 0.25) is 0 Å². The Morgan fingerprint density at radius 3 is 2.71 bits per heavy atom. The zero-order valence-electron chi connectivity index (χ0n) is 9.08. The van der Waals surface area contributed by atoms with Crippen LogP contribution in [0.4, 0.5) is 0 Å². The maximum absolute atomic E-state index is 9.43. The summed E-state index contributed by atoms with van der Waals surface area (Å²) in [6.07, 6.45) is 1.04. The van der Waals surface area contributed by atoms with E-state index in [1.54, 1.807) is 12.1 Å². The Hall–Kier alpha value is -1.18. The van der Waals surface area contributed by atoms with Gasteiger partial charge in [0.05, 0.1) is 6.61 Å². The predicted octanol–water partition coefficient (Wildman–Crippen LogP) is 3.13. The summed E-state index contributed by atoms with van der Waals surface area (Å²) in [5.74, 6) is 1.73. The van der Waals surface area contributed by atoms with Crippen LogP contribution in [-0.4, -0.2) is 11.7 Å². The van der Waals surface area contributed by atoms with Gasteiger partial charge >= 0.3 is 0 Å². The summed E-state index contributed by atoms with van der Waals surface area (Å²) in [7, 11) is 0. The van der Waals surface area contributed by atoms with Crippen molar-refractivity contribution in [3.8, 4) is 11.5 Å². The molecule has 0 bridgehead atoms. The van der Waals surface area contributed by atoms with Crippen molar-refractivity contribution < 1.29 is 9.84 Å². The molecule has 0 amide bonds. The molecule has 2 nitrogen and oxygen atoms in total. The van der Waals surface area contributed by atoms with Gasteiger partial charge in [0.25, 0.3) is 0 Å². The second-order valence-corrected chi connectivity index (χ2v) is 3.93. The van der Waals surface area contributed by atoms with Gasteiger partial charge in [-0.15, -0.1) is 0 Å². The van der Waals surface area contributed by atoms with Crippen molar-refractivity contribution in [2.75, 3.05) is 6.61 Å². The van der Waals surface area contributed by atoms with E-state index in [4.69, 9.17) is 4.74 Å². The maximum atomic E-state index is 9.43. The number of benzene rings is 1. The number of ether oxygens (including phenoxy) is 1. The molecule has 1 N–H and O–H groups in total. The lowest BCUT2D eigenvalue weighted by atomic mass is 10.1. The zero-order valence-corrected chi connectivity index (χ0v) is 9.08. The fourth-order valence-corrected chi connectivity index (χ4v) is 1.16. The fourth-order valence-electron chi connectivity index (χ4n) is 1.16. The number of rotatable bonds is 4. The molecule has 0 saturated carbocycles. The number of hydrogen-bond acceptors (Lipinski definition) is 2. The molecule has 14 heavy (non-hydrogen) atoms. The lowest BCUT2D eigenvalue weighted by Gasteiger charge is -2.10. The van der Waals surface area contributed by atoms with Crippen LogP contribution in [0.25, 0.3) is 0 Å². The molecule has 78 valence electrons. The molecule has 0 saturated heterocycles. The average Bonchev–Trinajstić information content (AvgIpc) is 2.12. The minimum atomic E-state index is 0.298. The fraction of sp³-hybridized carbons (Fsp3) is 0.500. The summed E-state index contributed by atoms with van der Waals surface area (Å²) in [5, 5.41) is 9.43. The first-order chi connectivity index (χ1) is 6.61. The molecular weight excluding hydrogens is 176 g/mol. The molecule has 0 fully saturated rings. The average molecular weight is 194 g/mol. The summed E-state index contributed by atoms with van der Waals surface area (Å²) in [5.41, 5.74) is 0.816. The summed E-state index contributed by atoms with van der Waals surface area (Å²) < 4.78 is 5.57. The van der Waals surface area contributed by atoms with Crippen molar-refractivity contribution in [3.05, 3.63) is 23.8 Å². The first-order valence-corrected chi connectivity index (χ1v) is 5.02. The highest BCUT2D eigenvalue weighted by molar-refractivity contribution is 5.42.